The van der Waals surface area contributed by atoms with Crippen molar-refractivity contribution in [3.63, 3.8) is 0 Å². The van der Waals surface area contributed by atoms with Crippen molar-refractivity contribution in [2.75, 3.05) is 0 Å². The van der Waals surface area contributed by atoms with Crippen molar-refractivity contribution in [2.45, 2.75) is 46.6 Å². The predicted octanol–water partition coefficient (Wildman–Crippen LogP) is 2.56. The van der Waals surface area contributed by atoms with Crippen molar-refractivity contribution in [3.8, 4) is 0 Å². The molecule has 0 saturated heterocycles. The zero-order valence-corrected chi connectivity index (χ0v) is 9.99. The Labute approximate surface area is 91.6 Å². The highest BCUT2D eigenvalue weighted by atomic mass is 16.3. The monoisotopic (exact) mass is 208 g/mol. The summed E-state index contributed by atoms with van der Waals surface area (Å²) in [6, 6.07) is 1.92. The van der Waals surface area contributed by atoms with E-state index in [9.17, 15) is 5.11 Å². The Morgan fingerprint density at radius 1 is 1.20 bits per heavy atom. The zero-order chi connectivity index (χ0) is 11.4. The molecule has 1 aromatic rings. The number of hydrogen-bond donors (Lipinski definition) is 1. The Hall–Kier alpha value is -0.960. The lowest BCUT2D eigenvalue weighted by Crippen LogP contribution is -2.05. The largest absolute Gasteiger partial charge is 0.388 e. The second-order valence-corrected chi connectivity index (χ2v) is 4.51. The fourth-order valence-electron chi connectivity index (χ4n) is 1.55. The highest BCUT2D eigenvalue weighted by Crippen LogP contribution is 2.22. The molecule has 0 aromatic carbocycles. The molecule has 1 atom stereocenters. The van der Waals surface area contributed by atoms with Gasteiger partial charge in [-0.25, -0.2) is 0 Å². The first-order valence-electron chi connectivity index (χ1n) is 5.49. The van der Waals surface area contributed by atoms with Gasteiger partial charge in [0.05, 0.1) is 17.5 Å². The van der Waals surface area contributed by atoms with Crippen molar-refractivity contribution < 1.29 is 5.11 Å². The summed E-state index contributed by atoms with van der Waals surface area (Å²) >= 11 is 0. The van der Waals surface area contributed by atoms with Crippen LogP contribution in [0.5, 0.6) is 0 Å². The molecule has 3 heteroatoms. The second kappa shape index (κ2) is 5.21. The van der Waals surface area contributed by atoms with E-state index in [0.29, 0.717) is 5.92 Å². The molecule has 84 valence electrons. The lowest BCUT2D eigenvalue weighted by atomic mass is 9.99. The first kappa shape index (κ1) is 12.1. The predicted molar refractivity (Wildman–Crippen MR) is 60.5 cm³/mol. The van der Waals surface area contributed by atoms with Crippen molar-refractivity contribution in [3.05, 3.63) is 23.0 Å². The van der Waals surface area contributed by atoms with E-state index in [-0.39, 0.29) is 0 Å². The van der Waals surface area contributed by atoms with Crippen LogP contribution in [0.25, 0.3) is 0 Å². The molecule has 0 bridgehead atoms. The van der Waals surface area contributed by atoms with Gasteiger partial charge in [0.1, 0.15) is 0 Å². The van der Waals surface area contributed by atoms with Crippen LogP contribution in [0, 0.1) is 19.8 Å². The Bertz CT molecular complexity index is 323. The minimum absolute atomic E-state index is 0.401. The molecule has 0 aliphatic rings. The molecule has 3 nitrogen and oxygen atoms in total. The van der Waals surface area contributed by atoms with Crippen molar-refractivity contribution in [1.82, 2.24) is 10.2 Å². The van der Waals surface area contributed by atoms with Gasteiger partial charge in [-0.05, 0) is 38.7 Å². The lowest BCUT2D eigenvalue weighted by Gasteiger charge is -2.14. The van der Waals surface area contributed by atoms with Gasteiger partial charge in [-0.3, -0.25) is 0 Å². The molecule has 0 spiro atoms. The number of hydrogen-bond acceptors (Lipinski definition) is 3. The van der Waals surface area contributed by atoms with Crippen LogP contribution >= 0.6 is 0 Å². The van der Waals surface area contributed by atoms with Gasteiger partial charge in [-0.15, -0.1) is 0 Å². The Kier molecular flexibility index (Phi) is 4.21. The highest BCUT2D eigenvalue weighted by molar-refractivity contribution is 5.22. The molecule has 0 radical (unpaired) electrons. The normalized spacial score (nSPS) is 13.2. The summed E-state index contributed by atoms with van der Waals surface area (Å²) in [5, 5.41) is 18.0. The standard InChI is InChI=1S/C12H20N2O/c1-8(2)5-6-12(15)11-7-9(3)13-14-10(11)4/h7-8,12,15H,5-6H2,1-4H3. The first-order chi connectivity index (χ1) is 7.00. The molecule has 0 aliphatic carbocycles. The van der Waals surface area contributed by atoms with Crippen molar-refractivity contribution in [2.24, 2.45) is 5.92 Å². The molecule has 0 fully saturated rings. The highest BCUT2D eigenvalue weighted by Gasteiger charge is 2.12. The van der Waals surface area contributed by atoms with E-state index in [1.807, 2.05) is 19.9 Å². The van der Waals surface area contributed by atoms with Gasteiger partial charge >= 0.3 is 0 Å². The van der Waals surface area contributed by atoms with E-state index in [4.69, 9.17) is 0 Å². The quantitative estimate of drug-likeness (QED) is 0.827. The molecule has 0 aliphatic heterocycles. The van der Waals surface area contributed by atoms with Crippen LogP contribution in [-0.2, 0) is 0 Å². The molecule has 0 amide bonds. The number of aliphatic hydroxyl groups excluding tert-OH is 1. The number of nitrogens with zero attached hydrogens (tertiary/aromatic N) is 2. The van der Waals surface area contributed by atoms with Crippen LogP contribution in [-0.4, -0.2) is 15.3 Å². The molecule has 1 N–H and O–H groups in total. The summed E-state index contributed by atoms with van der Waals surface area (Å²) < 4.78 is 0. The average molecular weight is 208 g/mol. The molecule has 1 unspecified atom stereocenters. The lowest BCUT2D eigenvalue weighted by molar-refractivity contribution is 0.157. The topological polar surface area (TPSA) is 46.0 Å². The maximum Gasteiger partial charge on any atom is 0.0809 e. The van der Waals surface area contributed by atoms with Gasteiger partial charge in [-0.2, -0.15) is 10.2 Å². The average Bonchev–Trinajstić information content (AvgIpc) is 2.18. The molecule has 1 heterocycles. The fraction of sp³-hybridized carbons (Fsp3) is 0.667. The van der Waals surface area contributed by atoms with Crippen molar-refractivity contribution >= 4 is 0 Å². The third-order valence-electron chi connectivity index (χ3n) is 2.52. The third-order valence-corrected chi connectivity index (χ3v) is 2.52. The van der Waals surface area contributed by atoms with Gasteiger partial charge in [-0.1, -0.05) is 13.8 Å². The minimum atomic E-state index is -0.401. The van der Waals surface area contributed by atoms with E-state index in [0.717, 1.165) is 29.8 Å². The van der Waals surface area contributed by atoms with E-state index in [1.54, 1.807) is 0 Å². The molecular weight excluding hydrogens is 188 g/mol. The maximum atomic E-state index is 10.0. The van der Waals surface area contributed by atoms with Gasteiger partial charge in [0, 0.05) is 5.56 Å². The van der Waals surface area contributed by atoms with Gasteiger partial charge in [0.25, 0.3) is 0 Å². The zero-order valence-electron chi connectivity index (χ0n) is 9.99. The van der Waals surface area contributed by atoms with Gasteiger partial charge in [0.2, 0.25) is 0 Å². The Morgan fingerprint density at radius 3 is 2.47 bits per heavy atom. The fourth-order valence-corrected chi connectivity index (χ4v) is 1.55. The van der Waals surface area contributed by atoms with Crippen LogP contribution in [0.2, 0.25) is 0 Å². The summed E-state index contributed by atoms with van der Waals surface area (Å²) in [6.45, 7) is 8.11. The van der Waals surface area contributed by atoms with Crippen LogP contribution < -0.4 is 0 Å². The summed E-state index contributed by atoms with van der Waals surface area (Å²) in [7, 11) is 0. The van der Waals surface area contributed by atoms with E-state index >= 15 is 0 Å². The second-order valence-electron chi connectivity index (χ2n) is 4.51. The number of aliphatic hydroxyl groups is 1. The van der Waals surface area contributed by atoms with Crippen LogP contribution in [0.15, 0.2) is 6.07 Å². The summed E-state index contributed by atoms with van der Waals surface area (Å²) in [5.41, 5.74) is 2.61. The van der Waals surface area contributed by atoms with Crippen LogP contribution in [0.1, 0.15) is 49.7 Å². The van der Waals surface area contributed by atoms with Crippen molar-refractivity contribution in [1.29, 1.82) is 0 Å². The number of aromatic nitrogens is 2. The molecule has 15 heavy (non-hydrogen) atoms. The van der Waals surface area contributed by atoms with E-state index in [2.05, 4.69) is 24.0 Å². The van der Waals surface area contributed by atoms with Crippen LogP contribution in [0.4, 0.5) is 0 Å². The number of rotatable bonds is 4. The Balaban J connectivity index is 2.72. The molecular formula is C12H20N2O. The van der Waals surface area contributed by atoms with Gasteiger partial charge in [0.15, 0.2) is 0 Å². The van der Waals surface area contributed by atoms with Gasteiger partial charge < -0.3 is 5.11 Å². The van der Waals surface area contributed by atoms with E-state index < -0.39 is 6.10 Å². The smallest absolute Gasteiger partial charge is 0.0809 e. The SMILES string of the molecule is Cc1cc(C(O)CCC(C)C)c(C)nn1. The summed E-state index contributed by atoms with van der Waals surface area (Å²) in [5.74, 6) is 0.621. The van der Waals surface area contributed by atoms with Crippen LogP contribution in [0.3, 0.4) is 0 Å². The third kappa shape index (κ3) is 3.59. The minimum Gasteiger partial charge on any atom is -0.388 e. The summed E-state index contributed by atoms with van der Waals surface area (Å²) in [4.78, 5) is 0. The number of aryl methyl sites for hydroxylation is 2. The Morgan fingerprint density at radius 2 is 1.87 bits per heavy atom. The molecule has 0 saturated carbocycles. The molecule has 1 rings (SSSR count). The molecule has 1 aromatic heterocycles. The summed E-state index contributed by atoms with van der Waals surface area (Å²) in [6.07, 6.45) is 1.42. The van der Waals surface area contributed by atoms with E-state index in [1.165, 1.54) is 0 Å². The first-order valence-corrected chi connectivity index (χ1v) is 5.49. The maximum absolute atomic E-state index is 10.0.